The molecule has 2 aromatic rings. The fraction of sp³-hybridized carbons (Fsp3) is 0.357. The number of hydrogen-bond acceptors (Lipinski definition) is 2. The van der Waals surface area contributed by atoms with Crippen molar-refractivity contribution in [2.75, 3.05) is 7.05 Å². The van der Waals surface area contributed by atoms with Crippen molar-refractivity contribution in [2.45, 2.75) is 19.4 Å². The molecule has 88 valence electrons. The Balaban J connectivity index is 2.47. The third-order valence-electron chi connectivity index (χ3n) is 3.28. The lowest BCUT2D eigenvalue weighted by molar-refractivity contribution is 0.452. The summed E-state index contributed by atoms with van der Waals surface area (Å²) in [5, 5.41) is 13.6. The van der Waals surface area contributed by atoms with Gasteiger partial charge in [-0.15, -0.1) is 0 Å². The molecule has 0 spiro atoms. The second-order valence-corrected chi connectivity index (χ2v) is 4.20. The van der Waals surface area contributed by atoms with E-state index in [0.29, 0.717) is 0 Å². The highest BCUT2D eigenvalue weighted by Crippen LogP contribution is 2.29. The highest BCUT2D eigenvalue weighted by atomic mass is 14.9. The van der Waals surface area contributed by atoms with Crippen LogP contribution in [0.3, 0.4) is 0 Å². The average molecular weight is 227 g/mol. The zero-order valence-electron chi connectivity index (χ0n) is 10.2. The molecule has 3 heteroatoms. The Hall–Kier alpha value is -1.79. The molecule has 1 heterocycles. The molecular weight excluding hydrogens is 210 g/mol. The third-order valence-corrected chi connectivity index (χ3v) is 3.28. The smallest absolute Gasteiger partial charge is 0.0675 e. The second-order valence-electron chi connectivity index (χ2n) is 4.20. The van der Waals surface area contributed by atoms with E-state index in [4.69, 9.17) is 0 Å². The highest BCUT2D eigenvalue weighted by Gasteiger charge is 2.22. The van der Waals surface area contributed by atoms with Crippen molar-refractivity contribution in [1.29, 1.82) is 5.26 Å². The second kappa shape index (κ2) is 5.03. The van der Waals surface area contributed by atoms with Crippen LogP contribution in [0.1, 0.15) is 24.9 Å². The summed E-state index contributed by atoms with van der Waals surface area (Å²) in [7, 11) is 1.91. The monoisotopic (exact) mass is 227 g/mol. The summed E-state index contributed by atoms with van der Waals surface area (Å²) in [4.78, 5) is 3.26. The number of hydrogen-bond donors (Lipinski definition) is 2. The predicted molar refractivity (Wildman–Crippen MR) is 69.5 cm³/mol. The molecule has 2 unspecified atom stereocenters. The first-order valence-corrected chi connectivity index (χ1v) is 5.94. The summed E-state index contributed by atoms with van der Waals surface area (Å²) in [6, 6.07) is 10.7. The molecule has 2 N–H and O–H groups in total. The van der Waals surface area contributed by atoms with Crippen molar-refractivity contribution in [3.63, 3.8) is 0 Å². The number of aromatic nitrogens is 1. The fourth-order valence-electron chi connectivity index (χ4n) is 2.33. The molecule has 0 fully saturated rings. The lowest BCUT2D eigenvalue weighted by Crippen LogP contribution is -2.23. The molecule has 1 aromatic heterocycles. The van der Waals surface area contributed by atoms with Crippen molar-refractivity contribution < 1.29 is 0 Å². The molecule has 0 saturated heterocycles. The van der Waals surface area contributed by atoms with Gasteiger partial charge in [0.05, 0.1) is 12.0 Å². The number of H-pyrrole nitrogens is 1. The van der Waals surface area contributed by atoms with Crippen molar-refractivity contribution in [2.24, 2.45) is 5.92 Å². The van der Waals surface area contributed by atoms with Crippen molar-refractivity contribution in [3.8, 4) is 6.07 Å². The largest absolute Gasteiger partial charge is 0.361 e. The molecule has 0 aliphatic heterocycles. The molecule has 17 heavy (non-hydrogen) atoms. The van der Waals surface area contributed by atoms with Crippen LogP contribution in [-0.4, -0.2) is 12.0 Å². The topological polar surface area (TPSA) is 51.6 Å². The van der Waals surface area contributed by atoms with Crippen LogP contribution >= 0.6 is 0 Å². The first-order chi connectivity index (χ1) is 8.31. The molecule has 0 saturated carbocycles. The Labute approximate surface area is 101 Å². The summed E-state index contributed by atoms with van der Waals surface area (Å²) in [5.41, 5.74) is 2.30. The van der Waals surface area contributed by atoms with E-state index in [1.54, 1.807) is 0 Å². The van der Waals surface area contributed by atoms with Crippen molar-refractivity contribution in [1.82, 2.24) is 10.3 Å². The fourth-order valence-corrected chi connectivity index (χ4v) is 2.33. The molecule has 0 amide bonds. The van der Waals surface area contributed by atoms with Crippen LogP contribution in [0.4, 0.5) is 0 Å². The van der Waals surface area contributed by atoms with Gasteiger partial charge in [0.25, 0.3) is 0 Å². The zero-order chi connectivity index (χ0) is 12.3. The lowest BCUT2D eigenvalue weighted by Gasteiger charge is -2.19. The molecule has 0 aliphatic carbocycles. The van der Waals surface area contributed by atoms with Gasteiger partial charge in [-0.1, -0.05) is 25.1 Å². The number of para-hydroxylation sites is 1. The van der Waals surface area contributed by atoms with Gasteiger partial charge < -0.3 is 10.3 Å². The molecule has 2 rings (SSSR count). The number of nitrogens with zero attached hydrogens (tertiary/aromatic N) is 1. The summed E-state index contributed by atoms with van der Waals surface area (Å²) in [5.74, 6) is -0.000735. The number of nitriles is 1. The lowest BCUT2D eigenvalue weighted by atomic mass is 9.92. The van der Waals surface area contributed by atoms with Gasteiger partial charge in [0.2, 0.25) is 0 Å². The minimum atomic E-state index is -0.000735. The van der Waals surface area contributed by atoms with Crippen LogP contribution in [0.2, 0.25) is 0 Å². The van der Waals surface area contributed by atoms with Crippen LogP contribution in [0.5, 0.6) is 0 Å². The standard InChI is InChI=1S/C14H17N3/c1-3-10(8-15)14(16-2)12-9-17-13-7-5-4-6-11(12)13/h4-7,9-10,14,16-17H,3H2,1-2H3. The summed E-state index contributed by atoms with van der Waals surface area (Å²) in [6.45, 7) is 2.05. The quantitative estimate of drug-likeness (QED) is 0.843. The van der Waals surface area contributed by atoms with Gasteiger partial charge in [0.1, 0.15) is 0 Å². The first kappa shape index (κ1) is 11.7. The van der Waals surface area contributed by atoms with E-state index in [1.165, 1.54) is 10.9 Å². The summed E-state index contributed by atoms with van der Waals surface area (Å²) < 4.78 is 0. The normalized spacial score (nSPS) is 14.4. The van der Waals surface area contributed by atoms with Crippen molar-refractivity contribution in [3.05, 3.63) is 36.0 Å². The number of fused-ring (bicyclic) bond motifs is 1. The number of benzene rings is 1. The molecule has 0 aliphatic rings. The molecule has 0 bridgehead atoms. The minimum Gasteiger partial charge on any atom is -0.361 e. The predicted octanol–water partition coefficient (Wildman–Crippen LogP) is 2.98. The van der Waals surface area contributed by atoms with Crippen LogP contribution < -0.4 is 5.32 Å². The van der Waals surface area contributed by atoms with Crippen LogP contribution in [-0.2, 0) is 0 Å². The van der Waals surface area contributed by atoms with E-state index in [-0.39, 0.29) is 12.0 Å². The molecular formula is C14H17N3. The summed E-state index contributed by atoms with van der Waals surface area (Å²) >= 11 is 0. The maximum Gasteiger partial charge on any atom is 0.0675 e. The van der Waals surface area contributed by atoms with Gasteiger partial charge in [0.15, 0.2) is 0 Å². The summed E-state index contributed by atoms with van der Waals surface area (Å²) in [6.07, 6.45) is 2.85. The van der Waals surface area contributed by atoms with Gasteiger partial charge in [-0.2, -0.15) is 5.26 Å². The Bertz CT molecular complexity index is 536. The van der Waals surface area contributed by atoms with Gasteiger partial charge in [-0.25, -0.2) is 0 Å². The minimum absolute atomic E-state index is 0.000735. The first-order valence-electron chi connectivity index (χ1n) is 5.94. The highest BCUT2D eigenvalue weighted by molar-refractivity contribution is 5.83. The van der Waals surface area contributed by atoms with E-state index < -0.39 is 0 Å². The SMILES string of the molecule is CCC(C#N)C(NC)c1c[nH]c2ccccc12. The Morgan fingerprint density at radius 1 is 1.41 bits per heavy atom. The van der Waals surface area contributed by atoms with Gasteiger partial charge in [0, 0.05) is 23.1 Å². The molecule has 3 nitrogen and oxygen atoms in total. The Kier molecular flexibility index (Phi) is 3.46. The third kappa shape index (κ3) is 2.04. The zero-order valence-corrected chi connectivity index (χ0v) is 10.2. The van der Waals surface area contributed by atoms with Crippen LogP contribution in [0.25, 0.3) is 10.9 Å². The number of aromatic amines is 1. The average Bonchev–Trinajstić information content (AvgIpc) is 2.79. The van der Waals surface area contributed by atoms with Crippen LogP contribution in [0.15, 0.2) is 30.5 Å². The molecule has 1 aromatic carbocycles. The van der Waals surface area contributed by atoms with E-state index in [1.807, 2.05) is 32.3 Å². The Morgan fingerprint density at radius 3 is 2.82 bits per heavy atom. The van der Waals surface area contributed by atoms with Gasteiger partial charge >= 0.3 is 0 Å². The molecule has 0 radical (unpaired) electrons. The maximum absolute atomic E-state index is 9.20. The number of rotatable bonds is 4. The number of nitrogens with one attached hydrogen (secondary N) is 2. The van der Waals surface area contributed by atoms with Crippen LogP contribution in [0, 0.1) is 17.2 Å². The van der Waals surface area contributed by atoms with E-state index in [9.17, 15) is 5.26 Å². The van der Waals surface area contributed by atoms with Gasteiger partial charge in [-0.3, -0.25) is 0 Å². The molecule has 2 atom stereocenters. The maximum atomic E-state index is 9.20. The van der Waals surface area contributed by atoms with Gasteiger partial charge in [-0.05, 0) is 25.1 Å². The van der Waals surface area contributed by atoms with E-state index >= 15 is 0 Å². The van der Waals surface area contributed by atoms with E-state index in [0.717, 1.165) is 11.9 Å². The van der Waals surface area contributed by atoms with Crippen molar-refractivity contribution >= 4 is 10.9 Å². The van der Waals surface area contributed by atoms with E-state index in [2.05, 4.69) is 28.5 Å². The Morgan fingerprint density at radius 2 is 2.18 bits per heavy atom.